The minimum atomic E-state index is -0.642. The number of rotatable bonds is 3. The predicted molar refractivity (Wildman–Crippen MR) is 65.1 cm³/mol. The van der Waals surface area contributed by atoms with E-state index in [4.69, 9.17) is 11.6 Å². The molecule has 0 aliphatic carbocycles. The monoisotopic (exact) mass is 271 g/mol. The summed E-state index contributed by atoms with van der Waals surface area (Å²) in [5.41, 5.74) is 0.771. The van der Waals surface area contributed by atoms with Crippen molar-refractivity contribution in [1.82, 2.24) is 0 Å². The number of hydrogen-bond donors (Lipinski definition) is 1. The van der Waals surface area contributed by atoms with Crippen molar-refractivity contribution in [2.45, 2.75) is 6.54 Å². The molecular formula is C13H9ClF3N. The lowest BCUT2D eigenvalue weighted by atomic mass is 10.2. The van der Waals surface area contributed by atoms with E-state index in [0.29, 0.717) is 11.3 Å². The molecule has 2 rings (SSSR count). The molecule has 0 spiro atoms. The van der Waals surface area contributed by atoms with E-state index in [-0.39, 0.29) is 11.6 Å². The van der Waals surface area contributed by atoms with Crippen LogP contribution in [0.3, 0.4) is 0 Å². The van der Waals surface area contributed by atoms with Crippen LogP contribution < -0.4 is 5.32 Å². The van der Waals surface area contributed by atoms with Crippen molar-refractivity contribution in [2.24, 2.45) is 0 Å². The summed E-state index contributed by atoms with van der Waals surface area (Å²) in [4.78, 5) is 0. The molecule has 0 heterocycles. The summed E-state index contributed by atoms with van der Waals surface area (Å²) in [6.45, 7) is 0.132. The molecule has 0 aliphatic heterocycles. The summed E-state index contributed by atoms with van der Waals surface area (Å²) in [6, 6.07) is 7.50. The Hall–Kier alpha value is -1.68. The lowest BCUT2D eigenvalue weighted by Gasteiger charge is -2.08. The molecule has 2 aromatic carbocycles. The maximum Gasteiger partial charge on any atom is 0.143 e. The second-order valence-electron chi connectivity index (χ2n) is 3.72. The largest absolute Gasteiger partial charge is 0.381 e. The fraction of sp³-hybridized carbons (Fsp3) is 0.0769. The first-order valence-electron chi connectivity index (χ1n) is 5.19. The van der Waals surface area contributed by atoms with E-state index in [1.165, 1.54) is 24.3 Å². The molecule has 94 valence electrons. The Labute approximate surface area is 107 Å². The number of nitrogens with one attached hydrogen (secondary N) is 1. The molecule has 0 saturated carbocycles. The summed E-state index contributed by atoms with van der Waals surface area (Å²) in [7, 11) is 0. The highest BCUT2D eigenvalue weighted by molar-refractivity contribution is 6.30. The van der Waals surface area contributed by atoms with Crippen molar-refractivity contribution in [3.8, 4) is 0 Å². The molecule has 0 aromatic heterocycles. The Morgan fingerprint density at radius 1 is 0.944 bits per heavy atom. The van der Waals surface area contributed by atoms with Gasteiger partial charge in [-0.05, 0) is 24.3 Å². The zero-order valence-corrected chi connectivity index (χ0v) is 9.94. The van der Waals surface area contributed by atoms with Gasteiger partial charge in [0.15, 0.2) is 0 Å². The van der Waals surface area contributed by atoms with Gasteiger partial charge < -0.3 is 5.32 Å². The Morgan fingerprint density at radius 3 is 2.39 bits per heavy atom. The highest BCUT2D eigenvalue weighted by atomic mass is 35.5. The summed E-state index contributed by atoms with van der Waals surface area (Å²) < 4.78 is 39.1. The molecule has 0 aliphatic rings. The van der Waals surface area contributed by atoms with Crippen LogP contribution in [0.25, 0.3) is 0 Å². The molecule has 5 heteroatoms. The van der Waals surface area contributed by atoms with Gasteiger partial charge in [0.25, 0.3) is 0 Å². The zero-order valence-electron chi connectivity index (χ0n) is 9.18. The first-order chi connectivity index (χ1) is 8.56. The quantitative estimate of drug-likeness (QED) is 0.874. The standard InChI is InChI=1S/C13H9ClF3N/c14-11-4-3-10(6-13(11)17)18-7-8-1-2-9(15)5-12(8)16/h1-6,18H,7H2. The molecule has 0 radical (unpaired) electrons. The van der Waals surface area contributed by atoms with Crippen molar-refractivity contribution in [1.29, 1.82) is 0 Å². The normalized spacial score (nSPS) is 10.4. The van der Waals surface area contributed by atoms with Crippen LogP contribution in [0.5, 0.6) is 0 Å². The molecule has 0 unspecified atom stereocenters. The maximum atomic E-state index is 13.3. The molecule has 1 N–H and O–H groups in total. The topological polar surface area (TPSA) is 12.0 Å². The molecule has 18 heavy (non-hydrogen) atoms. The van der Waals surface area contributed by atoms with Crippen molar-refractivity contribution in [2.75, 3.05) is 5.32 Å². The highest BCUT2D eigenvalue weighted by Crippen LogP contribution is 2.19. The van der Waals surface area contributed by atoms with E-state index in [1.807, 2.05) is 0 Å². The van der Waals surface area contributed by atoms with Crippen LogP contribution in [0, 0.1) is 17.5 Å². The van der Waals surface area contributed by atoms with E-state index in [0.717, 1.165) is 6.07 Å². The van der Waals surface area contributed by atoms with Gasteiger partial charge in [-0.3, -0.25) is 0 Å². The molecular weight excluding hydrogens is 263 g/mol. The van der Waals surface area contributed by atoms with E-state index >= 15 is 0 Å². The summed E-state index contributed by atoms with van der Waals surface area (Å²) in [6.07, 6.45) is 0. The predicted octanol–water partition coefficient (Wildman–Crippen LogP) is 4.37. The van der Waals surface area contributed by atoms with Crippen LogP contribution >= 0.6 is 11.6 Å². The van der Waals surface area contributed by atoms with Crippen LogP contribution in [0.4, 0.5) is 18.9 Å². The number of halogens is 4. The van der Waals surface area contributed by atoms with Crippen LogP contribution in [0.2, 0.25) is 5.02 Å². The van der Waals surface area contributed by atoms with Gasteiger partial charge in [0, 0.05) is 23.9 Å². The first-order valence-corrected chi connectivity index (χ1v) is 5.57. The van der Waals surface area contributed by atoms with Gasteiger partial charge in [0.05, 0.1) is 5.02 Å². The average molecular weight is 272 g/mol. The van der Waals surface area contributed by atoms with Crippen molar-refractivity contribution in [3.63, 3.8) is 0 Å². The molecule has 0 fully saturated rings. The second-order valence-corrected chi connectivity index (χ2v) is 4.13. The van der Waals surface area contributed by atoms with E-state index in [1.54, 1.807) is 6.07 Å². The third-order valence-electron chi connectivity index (χ3n) is 2.42. The third kappa shape index (κ3) is 2.96. The lowest BCUT2D eigenvalue weighted by Crippen LogP contribution is -2.02. The second kappa shape index (κ2) is 5.31. The molecule has 0 bridgehead atoms. The lowest BCUT2D eigenvalue weighted by molar-refractivity contribution is 0.574. The number of benzene rings is 2. The van der Waals surface area contributed by atoms with Crippen LogP contribution in [0.1, 0.15) is 5.56 Å². The molecule has 0 amide bonds. The zero-order chi connectivity index (χ0) is 13.1. The van der Waals surface area contributed by atoms with Crippen LogP contribution in [0.15, 0.2) is 36.4 Å². The van der Waals surface area contributed by atoms with Crippen LogP contribution in [-0.2, 0) is 6.54 Å². The Morgan fingerprint density at radius 2 is 1.72 bits per heavy atom. The van der Waals surface area contributed by atoms with Crippen molar-refractivity contribution < 1.29 is 13.2 Å². The van der Waals surface area contributed by atoms with Gasteiger partial charge in [0.2, 0.25) is 0 Å². The van der Waals surface area contributed by atoms with Gasteiger partial charge in [0.1, 0.15) is 17.5 Å². The molecule has 2 aromatic rings. The number of hydrogen-bond acceptors (Lipinski definition) is 1. The van der Waals surface area contributed by atoms with Gasteiger partial charge in [-0.25, -0.2) is 13.2 Å². The molecule has 0 saturated heterocycles. The third-order valence-corrected chi connectivity index (χ3v) is 2.72. The Bertz CT molecular complexity index is 572. The Balaban J connectivity index is 2.09. The smallest absolute Gasteiger partial charge is 0.143 e. The van der Waals surface area contributed by atoms with Gasteiger partial charge in [-0.15, -0.1) is 0 Å². The van der Waals surface area contributed by atoms with Crippen molar-refractivity contribution >= 4 is 17.3 Å². The summed E-state index contributed by atoms with van der Waals surface area (Å²) >= 11 is 5.54. The summed E-state index contributed by atoms with van der Waals surface area (Å²) in [5.74, 6) is -1.83. The fourth-order valence-electron chi connectivity index (χ4n) is 1.47. The van der Waals surface area contributed by atoms with Crippen LogP contribution in [-0.4, -0.2) is 0 Å². The fourth-order valence-corrected chi connectivity index (χ4v) is 1.59. The highest BCUT2D eigenvalue weighted by Gasteiger charge is 2.05. The van der Waals surface area contributed by atoms with Gasteiger partial charge >= 0.3 is 0 Å². The van der Waals surface area contributed by atoms with E-state index in [2.05, 4.69) is 5.32 Å². The SMILES string of the molecule is Fc1ccc(CNc2ccc(Cl)c(F)c2)c(F)c1. The molecule has 0 atom stereocenters. The van der Waals surface area contributed by atoms with E-state index in [9.17, 15) is 13.2 Å². The molecule has 1 nitrogen and oxygen atoms in total. The first kappa shape index (κ1) is 12.8. The summed E-state index contributed by atoms with van der Waals surface area (Å²) in [5, 5.41) is 2.85. The maximum absolute atomic E-state index is 13.3. The minimum Gasteiger partial charge on any atom is -0.381 e. The van der Waals surface area contributed by atoms with Gasteiger partial charge in [-0.2, -0.15) is 0 Å². The minimum absolute atomic E-state index is 0.0218. The van der Waals surface area contributed by atoms with E-state index < -0.39 is 17.5 Å². The Kier molecular flexibility index (Phi) is 3.77. The van der Waals surface area contributed by atoms with Gasteiger partial charge in [-0.1, -0.05) is 17.7 Å². The average Bonchev–Trinajstić information content (AvgIpc) is 2.32. The van der Waals surface area contributed by atoms with Crippen molar-refractivity contribution in [3.05, 3.63) is 64.4 Å². The number of anilines is 1.